The molecule has 0 spiro atoms. The van der Waals surface area contributed by atoms with Gasteiger partial charge >= 0.3 is 5.97 Å². The van der Waals surface area contributed by atoms with E-state index < -0.39 is 30.0 Å². The number of rotatable bonds is 3. The van der Waals surface area contributed by atoms with Crippen LogP contribution in [0.25, 0.3) is 0 Å². The van der Waals surface area contributed by atoms with Crippen LogP contribution in [-0.4, -0.2) is 29.2 Å². The molecule has 2 aliphatic heterocycles. The number of anilines is 1. The number of aryl methyl sites for hydroxylation is 2. The van der Waals surface area contributed by atoms with Crippen molar-refractivity contribution < 1.29 is 19.4 Å². The molecule has 2 N–H and O–H groups in total. The lowest BCUT2D eigenvalue weighted by molar-refractivity contribution is -0.145. The number of carbonyl (C=O) groups is 2. The predicted molar refractivity (Wildman–Crippen MR) is 79.5 cm³/mol. The molecule has 0 saturated carbocycles. The molecular weight excluding hydrogens is 282 g/mol. The van der Waals surface area contributed by atoms with E-state index in [1.54, 1.807) is 12.2 Å². The number of aliphatic carboxylic acids is 1. The Kier molecular flexibility index (Phi) is 3.04. The van der Waals surface area contributed by atoms with Crippen molar-refractivity contribution in [1.82, 2.24) is 0 Å². The average molecular weight is 299 g/mol. The van der Waals surface area contributed by atoms with Gasteiger partial charge in [-0.1, -0.05) is 18.2 Å². The van der Waals surface area contributed by atoms with Crippen LogP contribution >= 0.6 is 0 Å². The largest absolute Gasteiger partial charge is 0.481 e. The Balaban J connectivity index is 1.55. The van der Waals surface area contributed by atoms with E-state index >= 15 is 0 Å². The molecule has 4 rings (SSSR count). The van der Waals surface area contributed by atoms with Crippen LogP contribution in [0.5, 0.6) is 0 Å². The van der Waals surface area contributed by atoms with Crippen LogP contribution in [0.2, 0.25) is 0 Å². The highest BCUT2D eigenvalue weighted by Gasteiger charge is 2.53. The van der Waals surface area contributed by atoms with Crippen molar-refractivity contribution in [1.29, 1.82) is 0 Å². The third-order valence-electron chi connectivity index (χ3n) is 4.85. The van der Waals surface area contributed by atoms with Crippen LogP contribution in [0, 0.1) is 11.8 Å². The van der Waals surface area contributed by atoms with Crippen LogP contribution < -0.4 is 5.32 Å². The average Bonchev–Trinajstić information content (AvgIpc) is 3.20. The Morgan fingerprint density at radius 3 is 2.59 bits per heavy atom. The molecule has 22 heavy (non-hydrogen) atoms. The van der Waals surface area contributed by atoms with Gasteiger partial charge in [0, 0.05) is 5.69 Å². The summed E-state index contributed by atoms with van der Waals surface area (Å²) in [7, 11) is 0. The maximum absolute atomic E-state index is 12.5. The Morgan fingerprint density at radius 2 is 1.82 bits per heavy atom. The third-order valence-corrected chi connectivity index (χ3v) is 4.85. The van der Waals surface area contributed by atoms with Gasteiger partial charge < -0.3 is 15.2 Å². The predicted octanol–water partition coefficient (Wildman–Crippen LogP) is 1.77. The van der Waals surface area contributed by atoms with Gasteiger partial charge in [0.1, 0.15) is 5.92 Å². The quantitative estimate of drug-likeness (QED) is 0.834. The summed E-state index contributed by atoms with van der Waals surface area (Å²) in [5.74, 6) is -2.72. The SMILES string of the molecule is O=C(O)[C@@H]1[C@@H](C(=O)Nc2ccc3c(c2)CCC3)[C@H]2C=C[C@@H]1O2. The monoisotopic (exact) mass is 299 g/mol. The van der Waals surface area contributed by atoms with Crippen LogP contribution in [0.4, 0.5) is 5.69 Å². The first-order valence-electron chi connectivity index (χ1n) is 7.63. The van der Waals surface area contributed by atoms with Crippen molar-refractivity contribution >= 4 is 17.6 Å². The second kappa shape index (κ2) is 4.95. The Hall–Kier alpha value is -2.14. The minimum absolute atomic E-state index is 0.276. The van der Waals surface area contributed by atoms with Gasteiger partial charge in [-0.05, 0) is 42.5 Å². The van der Waals surface area contributed by atoms with E-state index in [9.17, 15) is 14.7 Å². The molecule has 0 radical (unpaired) electrons. The number of fused-ring (bicyclic) bond motifs is 3. The maximum Gasteiger partial charge on any atom is 0.310 e. The van der Waals surface area contributed by atoms with Crippen molar-refractivity contribution in [2.45, 2.75) is 31.5 Å². The highest BCUT2D eigenvalue weighted by atomic mass is 16.5. The fraction of sp³-hybridized carbons (Fsp3) is 0.412. The Labute approximate surface area is 128 Å². The molecular formula is C17H17NO4. The zero-order chi connectivity index (χ0) is 15.3. The lowest BCUT2D eigenvalue weighted by Gasteiger charge is -2.21. The van der Waals surface area contributed by atoms with Gasteiger partial charge in [-0.25, -0.2) is 0 Å². The minimum Gasteiger partial charge on any atom is -0.481 e. The smallest absolute Gasteiger partial charge is 0.310 e. The number of carboxylic acid groups (broad SMARTS) is 1. The standard InChI is InChI=1S/C17H17NO4/c19-16(14-12-6-7-13(22-12)15(14)17(20)21)18-11-5-4-9-2-1-3-10(9)8-11/h4-8,12-15H,1-3H2,(H,18,19)(H,20,21)/t12-,13+,14+,15+/m1/s1. The second-order valence-corrected chi connectivity index (χ2v) is 6.17. The summed E-state index contributed by atoms with van der Waals surface area (Å²) in [6.07, 6.45) is 5.89. The summed E-state index contributed by atoms with van der Waals surface area (Å²) in [5.41, 5.74) is 3.35. The molecule has 5 heteroatoms. The van der Waals surface area contributed by atoms with E-state index in [-0.39, 0.29) is 5.91 Å². The topological polar surface area (TPSA) is 75.6 Å². The molecule has 114 valence electrons. The van der Waals surface area contributed by atoms with Crippen molar-refractivity contribution in [3.8, 4) is 0 Å². The third kappa shape index (κ3) is 2.04. The fourth-order valence-electron chi connectivity index (χ4n) is 3.79. The molecule has 0 unspecified atom stereocenters. The first-order chi connectivity index (χ1) is 10.6. The van der Waals surface area contributed by atoms with Crippen LogP contribution in [0.1, 0.15) is 17.5 Å². The van der Waals surface area contributed by atoms with Crippen molar-refractivity contribution in [2.24, 2.45) is 11.8 Å². The summed E-state index contributed by atoms with van der Waals surface area (Å²) in [4.78, 5) is 23.9. The molecule has 0 aromatic heterocycles. The van der Waals surface area contributed by atoms with E-state index in [0.717, 1.165) is 24.9 Å². The Bertz CT molecular complexity index is 681. The van der Waals surface area contributed by atoms with Gasteiger partial charge in [-0.15, -0.1) is 0 Å². The van der Waals surface area contributed by atoms with Crippen molar-refractivity contribution in [3.05, 3.63) is 41.5 Å². The zero-order valence-electron chi connectivity index (χ0n) is 12.0. The van der Waals surface area contributed by atoms with Gasteiger partial charge in [-0.3, -0.25) is 9.59 Å². The number of nitrogens with one attached hydrogen (secondary N) is 1. The summed E-state index contributed by atoms with van der Waals surface area (Å²) >= 11 is 0. The summed E-state index contributed by atoms with van der Waals surface area (Å²) in [6, 6.07) is 5.94. The number of benzene rings is 1. The van der Waals surface area contributed by atoms with E-state index in [0.29, 0.717) is 0 Å². The molecule has 2 heterocycles. The second-order valence-electron chi connectivity index (χ2n) is 6.17. The highest BCUT2D eigenvalue weighted by molar-refractivity contribution is 5.96. The molecule has 5 nitrogen and oxygen atoms in total. The number of amides is 1. The first kappa shape index (κ1) is 13.5. The zero-order valence-corrected chi connectivity index (χ0v) is 12.0. The number of carbonyl (C=O) groups excluding carboxylic acids is 1. The van der Waals surface area contributed by atoms with Crippen molar-refractivity contribution in [3.63, 3.8) is 0 Å². The van der Waals surface area contributed by atoms with Crippen LogP contribution in [0.3, 0.4) is 0 Å². The molecule has 2 bridgehead atoms. The molecule has 1 fully saturated rings. The van der Waals surface area contributed by atoms with Gasteiger partial charge in [-0.2, -0.15) is 0 Å². The van der Waals surface area contributed by atoms with Gasteiger partial charge in [0.2, 0.25) is 5.91 Å². The van der Waals surface area contributed by atoms with E-state index in [2.05, 4.69) is 5.32 Å². The number of hydrogen-bond acceptors (Lipinski definition) is 3. The lowest BCUT2D eigenvalue weighted by atomic mass is 9.82. The van der Waals surface area contributed by atoms with Gasteiger partial charge in [0.25, 0.3) is 0 Å². The summed E-state index contributed by atoms with van der Waals surface area (Å²) in [5, 5.41) is 12.2. The fourth-order valence-corrected chi connectivity index (χ4v) is 3.79. The molecule has 3 aliphatic rings. The normalized spacial score (nSPS) is 31.3. The maximum atomic E-state index is 12.5. The van der Waals surface area contributed by atoms with Crippen LogP contribution in [-0.2, 0) is 27.2 Å². The molecule has 1 aromatic rings. The van der Waals surface area contributed by atoms with Crippen LogP contribution in [0.15, 0.2) is 30.4 Å². The van der Waals surface area contributed by atoms with Gasteiger partial charge in [0.05, 0.1) is 18.1 Å². The molecule has 1 saturated heterocycles. The summed E-state index contributed by atoms with van der Waals surface area (Å²) < 4.78 is 5.54. The van der Waals surface area contributed by atoms with E-state index in [1.165, 1.54) is 11.1 Å². The lowest BCUT2D eigenvalue weighted by Crippen LogP contribution is -2.39. The van der Waals surface area contributed by atoms with Crippen molar-refractivity contribution in [2.75, 3.05) is 5.32 Å². The number of ether oxygens (including phenoxy) is 1. The minimum atomic E-state index is -0.981. The highest BCUT2D eigenvalue weighted by Crippen LogP contribution is 2.40. The summed E-state index contributed by atoms with van der Waals surface area (Å²) in [6.45, 7) is 0. The first-order valence-corrected chi connectivity index (χ1v) is 7.63. The molecule has 1 aromatic carbocycles. The van der Waals surface area contributed by atoms with E-state index in [1.807, 2.05) is 18.2 Å². The number of hydrogen-bond donors (Lipinski definition) is 2. The molecule has 1 aliphatic carbocycles. The molecule has 1 amide bonds. The van der Waals surface area contributed by atoms with E-state index in [4.69, 9.17) is 4.74 Å². The Morgan fingerprint density at radius 1 is 1.09 bits per heavy atom. The van der Waals surface area contributed by atoms with Gasteiger partial charge in [0.15, 0.2) is 0 Å². The number of carboxylic acids is 1. The molecule has 4 atom stereocenters.